The fraction of sp³-hybridized carbons (Fsp3) is 0.500. The summed E-state index contributed by atoms with van der Waals surface area (Å²) >= 11 is 0. The Balaban J connectivity index is 1.84. The van der Waals surface area contributed by atoms with E-state index < -0.39 is 17.6 Å². The van der Waals surface area contributed by atoms with Crippen LogP contribution < -0.4 is 0 Å². The van der Waals surface area contributed by atoms with Crippen molar-refractivity contribution in [3.8, 4) is 0 Å². The van der Waals surface area contributed by atoms with E-state index in [0.29, 0.717) is 18.4 Å². The van der Waals surface area contributed by atoms with Gasteiger partial charge in [-0.3, -0.25) is 9.59 Å². The molecule has 0 unspecified atom stereocenters. The van der Waals surface area contributed by atoms with Crippen LogP contribution in [0.1, 0.15) is 56.9 Å². The molecule has 3 nitrogen and oxygen atoms in total. The molecule has 0 radical (unpaired) electrons. The van der Waals surface area contributed by atoms with Crippen LogP contribution in [0.4, 0.5) is 8.78 Å². The normalized spacial score (nSPS) is 20.5. The highest BCUT2D eigenvalue weighted by molar-refractivity contribution is 5.83. The summed E-state index contributed by atoms with van der Waals surface area (Å²) in [4.78, 5) is 22.5. The minimum absolute atomic E-state index is 0.0332. The van der Waals surface area contributed by atoms with Gasteiger partial charge in [0.1, 0.15) is 17.4 Å². The van der Waals surface area contributed by atoms with E-state index in [1.165, 1.54) is 12.1 Å². The maximum atomic E-state index is 13.2. The average Bonchev–Trinajstić information content (AvgIpc) is 2.88. The molecule has 1 aliphatic carbocycles. The number of carboxylic acids is 1. The number of rotatable bonds is 9. The van der Waals surface area contributed by atoms with E-state index in [-0.39, 0.29) is 24.0 Å². The van der Waals surface area contributed by atoms with E-state index in [1.54, 1.807) is 6.08 Å². The van der Waals surface area contributed by atoms with E-state index in [4.69, 9.17) is 5.11 Å². The molecule has 0 amide bonds. The Bertz CT molecular complexity index is 620. The minimum atomic E-state index is -0.773. The van der Waals surface area contributed by atoms with Crippen LogP contribution >= 0.6 is 0 Å². The zero-order valence-electron chi connectivity index (χ0n) is 14.2. The lowest BCUT2D eigenvalue weighted by molar-refractivity contribution is -0.137. The van der Waals surface area contributed by atoms with Crippen molar-refractivity contribution in [1.29, 1.82) is 0 Å². The molecule has 0 aliphatic heterocycles. The number of allylic oxidation sites excluding steroid dienone is 1. The summed E-state index contributed by atoms with van der Waals surface area (Å²) in [6.45, 7) is 0. The maximum Gasteiger partial charge on any atom is 0.303 e. The highest BCUT2D eigenvalue weighted by atomic mass is 19.1. The predicted octanol–water partition coefficient (Wildman–Crippen LogP) is 5.00. The highest BCUT2D eigenvalue weighted by Crippen LogP contribution is 2.34. The number of benzene rings is 1. The number of halogens is 2. The SMILES string of the molecule is O=C(O)CCCCCC[C@@H]1C(=O)CC[C@H]1C=Cc1cc(F)cc(F)c1. The van der Waals surface area contributed by atoms with Gasteiger partial charge in [-0.25, -0.2) is 8.78 Å². The number of hydrogen-bond acceptors (Lipinski definition) is 2. The summed E-state index contributed by atoms with van der Waals surface area (Å²) in [5, 5.41) is 8.60. The molecular weight excluding hydrogens is 326 g/mol. The van der Waals surface area contributed by atoms with Crippen molar-refractivity contribution in [2.24, 2.45) is 11.8 Å². The van der Waals surface area contributed by atoms with E-state index in [9.17, 15) is 18.4 Å². The third-order valence-electron chi connectivity index (χ3n) is 4.73. The van der Waals surface area contributed by atoms with Gasteiger partial charge in [0.05, 0.1) is 0 Å². The second-order valence-corrected chi connectivity index (χ2v) is 6.68. The first-order valence-electron chi connectivity index (χ1n) is 8.84. The van der Waals surface area contributed by atoms with Crippen LogP contribution in [0, 0.1) is 23.5 Å². The standard InChI is InChI=1S/C20H24F2O3/c21-16-11-14(12-17(22)13-16)7-8-15-9-10-19(23)18(15)5-3-1-2-4-6-20(24)25/h7-8,11-13,15,18H,1-6,9-10H2,(H,24,25)/t15-,18+/m1/s1. The summed E-state index contributed by atoms with van der Waals surface area (Å²) < 4.78 is 26.4. The van der Waals surface area contributed by atoms with Crippen LogP contribution in [0.2, 0.25) is 0 Å². The molecule has 2 atom stereocenters. The lowest BCUT2D eigenvalue weighted by Crippen LogP contribution is -2.13. The maximum absolute atomic E-state index is 13.2. The first-order chi connectivity index (χ1) is 12.0. The van der Waals surface area contributed by atoms with Crippen LogP contribution in [-0.4, -0.2) is 16.9 Å². The first-order valence-corrected chi connectivity index (χ1v) is 8.84. The number of carboxylic acid groups (broad SMARTS) is 1. The molecule has 0 saturated heterocycles. The van der Waals surface area contributed by atoms with Gasteiger partial charge < -0.3 is 5.11 Å². The van der Waals surface area contributed by atoms with Crippen LogP contribution in [0.5, 0.6) is 0 Å². The van der Waals surface area contributed by atoms with Crippen LogP contribution in [0.15, 0.2) is 24.3 Å². The summed E-state index contributed by atoms with van der Waals surface area (Å²) in [5.41, 5.74) is 0.462. The van der Waals surface area contributed by atoms with Crippen LogP contribution in [-0.2, 0) is 9.59 Å². The van der Waals surface area contributed by atoms with Gasteiger partial charge in [-0.05, 0) is 42.9 Å². The van der Waals surface area contributed by atoms with E-state index in [0.717, 1.165) is 38.2 Å². The number of ketones is 1. The van der Waals surface area contributed by atoms with Gasteiger partial charge in [0.15, 0.2) is 0 Å². The summed E-state index contributed by atoms with van der Waals surface area (Å²) in [5.74, 6) is -1.66. The number of Topliss-reactive ketones (excluding diaryl/α,β-unsaturated/α-hetero) is 1. The zero-order valence-corrected chi connectivity index (χ0v) is 14.2. The molecule has 0 bridgehead atoms. The highest BCUT2D eigenvalue weighted by Gasteiger charge is 2.32. The Morgan fingerprint density at radius 2 is 1.80 bits per heavy atom. The van der Waals surface area contributed by atoms with Gasteiger partial charge >= 0.3 is 5.97 Å². The molecule has 25 heavy (non-hydrogen) atoms. The molecule has 0 spiro atoms. The van der Waals surface area contributed by atoms with E-state index >= 15 is 0 Å². The number of unbranched alkanes of at least 4 members (excludes halogenated alkanes) is 3. The Morgan fingerprint density at radius 3 is 2.48 bits per heavy atom. The summed E-state index contributed by atoms with van der Waals surface area (Å²) in [6.07, 6.45) is 9.24. The largest absolute Gasteiger partial charge is 0.481 e. The smallest absolute Gasteiger partial charge is 0.303 e. The Morgan fingerprint density at radius 1 is 1.12 bits per heavy atom. The average molecular weight is 350 g/mol. The molecule has 0 aromatic heterocycles. The van der Waals surface area contributed by atoms with Crippen molar-refractivity contribution < 1.29 is 23.5 Å². The van der Waals surface area contributed by atoms with Gasteiger partial charge in [0, 0.05) is 24.8 Å². The second kappa shape index (κ2) is 9.44. The Labute approximate surface area is 146 Å². The van der Waals surface area contributed by atoms with Crippen molar-refractivity contribution in [3.63, 3.8) is 0 Å². The monoisotopic (exact) mass is 350 g/mol. The zero-order chi connectivity index (χ0) is 18.2. The number of aliphatic carboxylic acids is 1. The van der Waals surface area contributed by atoms with Crippen LogP contribution in [0.25, 0.3) is 6.08 Å². The minimum Gasteiger partial charge on any atom is -0.481 e. The Kier molecular flexibility index (Phi) is 7.29. The fourth-order valence-electron chi connectivity index (χ4n) is 3.44. The number of hydrogen-bond donors (Lipinski definition) is 1. The third-order valence-corrected chi connectivity index (χ3v) is 4.73. The summed E-state index contributed by atoms with van der Waals surface area (Å²) in [7, 11) is 0. The molecule has 2 rings (SSSR count). The quantitative estimate of drug-likeness (QED) is 0.638. The number of carbonyl (C=O) groups is 2. The molecule has 1 aromatic rings. The van der Waals surface area contributed by atoms with Crippen molar-refractivity contribution in [2.75, 3.05) is 0 Å². The van der Waals surface area contributed by atoms with Gasteiger partial charge in [-0.1, -0.05) is 31.4 Å². The first kappa shape index (κ1) is 19.3. The van der Waals surface area contributed by atoms with Gasteiger partial charge in [0.2, 0.25) is 0 Å². The lowest BCUT2D eigenvalue weighted by Gasteiger charge is -2.14. The molecule has 1 fully saturated rings. The van der Waals surface area contributed by atoms with Crippen molar-refractivity contribution >= 4 is 17.8 Å². The molecule has 1 N–H and O–H groups in total. The molecule has 0 heterocycles. The number of carbonyl (C=O) groups excluding carboxylic acids is 1. The van der Waals surface area contributed by atoms with Crippen LogP contribution in [0.3, 0.4) is 0 Å². The second-order valence-electron chi connectivity index (χ2n) is 6.68. The van der Waals surface area contributed by atoms with E-state index in [1.807, 2.05) is 6.08 Å². The van der Waals surface area contributed by atoms with Crippen molar-refractivity contribution in [1.82, 2.24) is 0 Å². The molecular formula is C20H24F2O3. The van der Waals surface area contributed by atoms with Crippen molar-refractivity contribution in [2.45, 2.75) is 51.4 Å². The third kappa shape index (κ3) is 6.40. The Hall–Kier alpha value is -2.04. The summed E-state index contributed by atoms with van der Waals surface area (Å²) in [6, 6.07) is 3.38. The molecule has 1 aliphatic rings. The van der Waals surface area contributed by atoms with Gasteiger partial charge in [-0.2, -0.15) is 0 Å². The molecule has 136 valence electrons. The van der Waals surface area contributed by atoms with E-state index in [2.05, 4.69) is 0 Å². The van der Waals surface area contributed by atoms with Gasteiger partial charge in [0.25, 0.3) is 0 Å². The fourth-order valence-corrected chi connectivity index (χ4v) is 3.44. The topological polar surface area (TPSA) is 54.4 Å². The molecule has 5 heteroatoms. The van der Waals surface area contributed by atoms with Crippen molar-refractivity contribution in [3.05, 3.63) is 41.5 Å². The van der Waals surface area contributed by atoms with Gasteiger partial charge in [-0.15, -0.1) is 0 Å². The molecule has 1 saturated carbocycles. The lowest BCUT2D eigenvalue weighted by atomic mass is 9.89. The predicted molar refractivity (Wildman–Crippen MR) is 92.0 cm³/mol. The molecule has 1 aromatic carbocycles.